The molecule has 22 heavy (non-hydrogen) atoms. The zero-order valence-corrected chi connectivity index (χ0v) is 15.1. The van der Waals surface area contributed by atoms with Gasteiger partial charge in [-0.05, 0) is 48.3 Å². The lowest BCUT2D eigenvalue weighted by molar-refractivity contribution is -0.142. The Bertz CT molecular complexity index is 574. The molecule has 1 aromatic heterocycles. The van der Waals surface area contributed by atoms with E-state index in [0.29, 0.717) is 15.2 Å². The smallest absolute Gasteiger partial charge is 0.410 e. The van der Waals surface area contributed by atoms with Crippen LogP contribution in [0.2, 0.25) is 5.02 Å². The van der Waals surface area contributed by atoms with Gasteiger partial charge in [0.2, 0.25) is 0 Å². The summed E-state index contributed by atoms with van der Waals surface area (Å²) in [6, 6.07) is 0.517. The summed E-state index contributed by atoms with van der Waals surface area (Å²) in [6.07, 6.45) is 0.799. The van der Waals surface area contributed by atoms with Gasteiger partial charge in [0.15, 0.2) is 0 Å². The molecule has 0 saturated heterocycles. The molecule has 0 aliphatic rings. The lowest BCUT2D eigenvalue weighted by atomic mass is 10.1. The number of carboxylic acids is 1. The van der Waals surface area contributed by atoms with Crippen molar-refractivity contribution in [3.05, 3.63) is 27.5 Å². The number of likely N-dealkylation sites (N-methyl/N-ethyl adjacent to an activating group) is 1. The molecule has 0 saturated carbocycles. The van der Waals surface area contributed by atoms with Crippen LogP contribution >= 0.6 is 27.5 Å². The number of carbonyl (C=O) groups is 2. The van der Waals surface area contributed by atoms with E-state index in [2.05, 4.69) is 20.9 Å². The van der Waals surface area contributed by atoms with Gasteiger partial charge in [-0.3, -0.25) is 4.90 Å². The molecule has 6 nitrogen and oxygen atoms in total. The second-order valence-electron chi connectivity index (χ2n) is 5.75. The number of carbonyl (C=O) groups excluding carboxylic acids is 1. The van der Waals surface area contributed by atoms with E-state index >= 15 is 0 Å². The van der Waals surface area contributed by atoms with Crippen molar-refractivity contribution in [2.75, 3.05) is 7.05 Å². The van der Waals surface area contributed by atoms with Crippen molar-refractivity contribution in [3.63, 3.8) is 0 Å². The van der Waals surface area contributed by atoms with Gasteiger partial charge in [0, 0.05) is 19.7 Å². The van der Waals surface area contributed by atoms with Crippen LogP contribution in [0.25, 0.3) is 0 Å². The second kappa shape index (κ2) is 7.28. The highest BCUT2D eigenvalue weighted by Gasteiger charge is 2.30. The monoisotopic (exact) mass is 392 g/mol. The molecule has 0 aromatic carbocycles. The molecule has 0 bridgehead atoms. The molecular formula is C14H18BrClN2O4. The van der Waals surface area contributed by atoms with Gasteiger partial charge < -0.3 is 9.84 Å². The summed E-state index contributed by atoms with van der Waals surface area (Å²) in [4.78, 5) is 28.6. The van der Waals surface area contributed by atoms with Crippen LogP contribution in [0.15, 0.2) is 16.9 Å². The van der Waals surface area contributed by atoms with E-state index in [1.54, 1.807) is 26.8 Å². The van der Waals surface area contributed by atoms with Gasteiger partial charge in [-0.2, -0.15) is 0 Å². The van der Waals surface area contributed by atoms with Crippen molar-refractivity contribution in [3.8, 4) is 0 Å². The zero-order valence-electron chi connectivity index (χ0n) is 12.8. The van der Waals surface area contributed by atoms with Crippen LogP contribution in [-0.2, 0) is 16.0 Å². The van der Waals surface area contributed by atoms with Crippen LogP contribution in [-0.4, -0.2) is 45.7 Å². The Hall–Kier alpha value is -1.34. The molecule has 1 rings (SSSR count). The van der Waals surface area contributed by atoms with Crippen molar-refractivity contribution in [1.82, 2.24) is 9.88 Å². The molecule has 0 fully saturated rings. The quantitative estimate of drug-likeness (QED) is 0.793. The average Bonchev–Trinajstić information content (AvgIpc) is 2.36. The Balaban J connectivity index is 2.96. The van der Waals surface area contributed by atoms with Crippen LogP contribution in [0.1, 0.15) is 26.3 Å². The maximum absolute atomic E-state index is 12.0. The molecule has 0 unspecified atom stereocenters. The number of nitrogens with zero attached hydrogens (tertiary/aromatic N) is 2. The first kappa shape index (κ1) is 18.7. The lowest BCUT2D eigenvalue weighted by Crippen LogP contribution is -2.46. The van der Waals surface area contributed by atoms with Gasteiger partial charge in [0.25, 0.3) is 0 Å². The molecule has 0 radical (unpaired) electrons. The first-order valence-electron chi connectivity index (χ1n) is 6.50. The summed E-state index contributed by atoms with van der Waals surface area (Å²) in [5, 5.41) is 9.79. The number of aliphatic carboxylic acids is 1. The third-order valence-electron chi connectivity index (χ3n) is 2.73. The van der Waals surface area contributed by atoms with E-state index in [1.165, 1.54) is 13.2 Å². The number of halogens is 2. The average molecular weight is 394 g/mol. The number of amides is 1. The summed E-state index contributed by atoms with van der Waals surface area (Å²) in [5.41, 5.74) is -0.109. The fourth-order valence-corrected chi connectivity index (χ4v) is 2.23. The molecule has 0 spiro atoms. The van der Waals surface area contributed by atoms with Crippen LogP contribution in [0, 0.1) is 0 Å². The van der Waals surface area contributed by atoms with Crippen LogP contribution in [0.4, 0.5) is 4.79 Å². The number of carboxylic acid groups (broad SMARTS) is 1. The zero-order chi connectivity index (χ0) is 17.1. The highest BCUT2D eigenvalue weighted by Crippen LogP contribution is 2.21. The van der Waals surface area contributed by atoms with Crippen LogP contribution in [0.3, 0.4) is 0 Å². The van der Waals surface area contributed by atoms with E-state index < -0.39 is 23.7 Å². The Labute approximate surface area is 142 Å². The standard InChI is InChI=1S/C14H18BrClN2O4/c1-14(2,3)22-13(21)18(4)10(12(19)20)6-8-5-9(16)7-17-11(8)15/h5,7,10H,6H2,1-4H3,(H,19,20)/t10-/m0/s1. The first-order chi connectivity index (χ1) is 10.0. The SMILES string of the molecule is CN(C(=O)OC(C)(C)C)[C@@H](Cc1cc(Cl)cnc1Br)C(=O)O. The minimum atomic E-state index is -1.14. The van der Waals surface area contributed by atoms with Crippen molar-refractivity contribution >= 4 is 39.6 Å². The number of hydrogen-bond donors (Lipinski definition) is 1. The lowest BCUT2D eigenvalue weighted by Gasteiger charge is -2.28. The van der Waals surface area contributed by atoms with E-state index in [1.807, 2.05) is 0 Å². The van der Waals surface area contributed by atoms with Crippen LogP contribution in [0.5, 0.6) is 0 Å². The molecular weight excluding hydrogens is 376 g/mol. The third kappa shape index (κ3) is 5.46. The molecule has 122 valence electrons. The summed E-state index contributed by atoms with van der Waals surface area (Å²) >= 11 is 9.12. The number of ether oxygens (including phenoxy) is 1. The Kier molecular flexibility index (Phi) is 6.19. The predicted octanol–water partition coefficient (Wildman–Crippen LogP) is 3.36. The molecule has 0 aliphatic heterocycles. The molecule has 1 atom stereocenters. The number of hydrogen-bond acceptors (Lipinski definition) is 4. The number of rotatable bonds is 4. The van der Waals surface area contributed by atoms with Gasteiger partial charge in [-0.1, -0.05) is 11.6 Å². The molecule has 1 heterocycles. The summed E-state index contributed by atoms with van der Waals surface area (Å²) < 4.78 is 5.68. The van der Waals surface area contributed by atoms with E-state index in [0.717, 1.165) is 4.90 Å². The summed E-state index contributed by atoms with van der Waals surface area (Å²) in [7, 11) is 1.39. The maximum atomic E-state index is 12.0. The van der Waals surface area contributed by atoms with E-state index in [9.17, 15) is 14.7 Å². The first-order valence-corrected chi connectivity index (χ1v) is 7.67. The topological polar surface area (TPSA) is 79.7 Å². The molecule has 1 N–H and O–H groups in total. The Morgan fingerprint density at radius 1 is 1.50 bits per heavy atom. The van der Waals surface area contributed by atoms with Gasteiger partial charge in [-0.15, -0.1) is 0 Å². The van der Waals surface area contributed by atoms with Crippen LogP contribution < -0.4 is 0 Å². The fourth-order valence-electron chi connectivity index (χ4n) is 1.67. The molecule has 8 heteroatoms. The maximum Gasteiger partial charge on any atom is 0.410 e. The van der Waals surface area contributed by atoms with E-state index in [4.69, 9.17) is 16.3 Å². The normalized spacial score (nSPS) is 12.6. The molecule has 1 aromatic rings. The van der Waals surface area contributed by atoms with Gasteiger partial charge in [-0.25, -0.2) is 14.6 Å². The van der Waals surface area contributed by atoms with Crippen molar-refractivity contribution in [1.29, 1.82) is 0 Å². The predicted molar refractivity (Wildman–Crippen MR) is 86.1 cm³/mol. The fraction of sp³-hybridized carbons (Fsp3) is 0.500. The Morgan fingerprint density at radius 2 is 2.09 bits per heavy atom. The van der Waals surface area contributed by atoms with Gasteiger partial charge >= 0.3 is 12.1 Å². The van der Waals surface area contributed by atoms with Crippen molar-refractivity contribution in [2.24, 2.45) is 0 Å². The van der Waals surface area contributed by atoms with Crippen molar-refractivity contribution < 1.29 is 19.4 Å². The highest BCUT2D eigenvalue weighted by molar-refractivity contribution is 9.10. The summed E-state index contributed by atoms with van der Waals surface area (Å²) in [6.45, 7) is 5.14. The van der Waals surface area contributed by atoms with Gasteiger partial charge in [0.1, 0.15) is 16.2 Å². The summed E-state index contributed by atoms with van der Waals surface area (Å²) in [5.74, 6) is -1.14. The molecule has 0 aliphatic carbocycles. The van der Waals surface area contributed by atoms with Crippen molar-refractivity contribution in [2.45, 2.75) is 38.8 Å². The highest BCUT2D eigenvalue weighted by atomic mass is 79.9. The molecule has 1 amide bonds. The number of aromatic nitrogens is 1. The number of pyridine rings is 1. The van der Waals surface area contributed by atoms with E-state index in [-0.39, 0.29) is 6.42 Å². The minimum absolute atomic E-state index is 0.0548. The Morgan fingerprint density at radius 3 is 2.59 bits per heavy atom. The largest absolute Gasteiger partial charge is 0.480 e. The third-order valence-corrected chi connectivity index (χ3v) is 3.65. The second-order valence-corrected chi connectivity index (χ2v) is 6.94. The minimum Gasteiger partial charge on any atom is -0.480 e. The van der Waals surface area contributed by atoms with Gasteiger partial charge in [0.05, 0.1) is 5.02 Å².